The molecule has 0 aromatic heterocycles. The molecular weight excluding hydrogens is 162 g/mol. The van der Waals surface area contributed by atoms with Crippen LogP contribution in [0.5, 0.6) is 0 Å². The molecule has 0 amide bonds. The van der Waals surface area contributed by atoms with Gasteiger partial charge in [-0.2, -0.15) is 0 Å². The fraction of sp³-hybridized carbons (Fsp3) is 0.364. The Kier molecular flexibility index (Phi) is 12.0. The van der Waals surface area contributed by atoms with Gasteiger partial charge in [0.2, 0.25) is 0 Å². The minimum atomic E-state index is 0.0300. The maximum Gasteiger partial charge on any atom is 0.176 e. The van der Waals surface area contributed by atoms with Crippen molar-refractivity contribution in [3.63, 3.8) is 0 Å². The first-order valence-electron chi connectivity index (χ1n) is 4.39. The summed E-state index contributed by atoms with van der Waals surface area (Å²) in [5.74, 6) is 0.0300. The highest BCUT2D eigenvalue weighted by molar-refractivity contribution is 5.99. The molecule has 0 aliphatic heterocycles. The van der Waals surface area contributed by atoms with Crippen LogP contribution < -0.4 is 5.32 Å². The van der Waals surface area contributed by atoms with Gasteiger partial charge in [0.15, 0.2) is 5.78 Å². The van der Waals surface area contributed by atoms with Crippen LogP contribution in [0.1, 0.15) is 13.8 Å². The number of ketones is 1. The summed E-state index contributed by atoms with van der Waals surface area (Å²) < 4.78 is 0. The minimum Gasteiger partial charge on any atom is -0.313 e. The van der Waals surface area contributed by atoms with E-state index in [9.17, 15) is 4.79 Å². The van der Waals surface area contributed by atoms with Gasteiger partial charge in [-0.25, -0.2) is 0 Å². The van der Waals surface area contributed by atoms with E-state index in [-0.39, 0.29) is 5.78 Å². The molecule has 0 saturated carbocycles. The van der Waals surface area contributed by atoms with Gasteiger partial charge < -0.3 is 5.32 Å². The molecule has 0 aromatic carbocycles. The second-order valence-electron chi connectivity index (χ2n) is 2.02. The maximum atomic E-state index is 11.1. The number of allylic oxidation sites excluding steroid dienone is 3. The van der Waals surface area contributed by atoms with Crippen molar-refractivity contribution >= 4 is 5.78 Å². The summed E-state index contributed by atoms with van der Waals surface area (Å²) in [5, 5.41) is 2.77. The quantitative estimate of drug-likeness (QED) is 0.520. The Labute approximate surface area is 81.0 Å². The molecule has 0 heterocycles. The van der Waals surface area contributed by atoms with Crippen molar-refractivity contribution in [1.29, 1.82) is 0 Å². The maximum absolute atomic E-state index is 11.1. The van der Waals surface area contributed by atoms with Crippen molar-refractivity contribution in [2.24, 2.45) is 0 Å². The lowest BCUT2D eigenvalue weighted by atomic mass is 10.1. The third-order valence-corrected chi connectivity index (χ3v) is 1.18. The average molecular weight is 181 g/mol. The molecule has 74 valence electrons. The van der Waals surface area contributed by atoms with Gasteiger partial charge in [-0.05, 0) is 7.05 Å². The van der Waals surface area contributed by atoms with Gasteiger partial charge in [0.05, 0.1) is 6.54 Å². The molecule has 0 aliphatic rings. The molecule has 0 aliphatic carbocycles. The topological polar surface area (TPSA) is 29.1 Å². The number of hydrogen-bond donors (Lipinski definition) is 1. The minimum absolute atomic E-state index is 0.0300. The fourth-order valence-corrected chi connectivity index (χ4v) is 0.664. The highest BCUT2D eigenvalue weighted by Crippen LogP contribution is 1.96. The smallest absolute Gasteiger partial charge is 0.176 e. The number of carbonyl (C=O) groups excluding carboxylic acids is 1. The molecule has 0 fully saturated rings. The van der Waals surface area contributed by atoms with E-state index < -0.39 is 0 Å². The van der Waals surface area contributed by atoms with Crippen LogP contribution in [0.25, 0.3) is 0 Å². The summed E-state index contributed by atoms with van der Waals surface area (Å²) in [6.07, 6.45) is 4.75. The van der Waals surface area contributed by atoms with Crippen molar-refractivity contribution < 1.29 is 4.79 Å². The Hall–Kier alpha value is -1.15. The van der Waals surface area contributed by atoms with Gasteiger partial charge >= 0.3 is 0 Å². The first kappa shape index (κ1) is 14.4. The molecule has 2 heteroatoms. The lowest BCUT2D eigenvalue weighted by Gasteiger charge is -1.97. The summed E-state index contributed by atoms with van der Waals surface area (Å²) in [6, 6.07) is 0. The molecule has 0 rings (SSSR count). The standard InChI is InChI=1S/C9H13NO.C2H6/c1-4-6-8(5-2)9(11)7-10-3;1-2/h4-6,10H,1-2,7H2,3H3;1-2H3/b8-6+;. The molecule has 0 atom stereocenters. The summed E-state index contributed by atoms with van der Waals surface area (Å²) in [6.45, 7) is 11.4. The molecule has 1 N–H and O–H groups in total. The third-order valence-electron chi connectivity index (χ3n) is 1.18. The molecule has 0 saturated heterocycles. The van der Waals surface area contributed by atoms with E-state index in [0.717, 1.165) is 0 Å². The van der Waals surface area contributed by atoms with E-state index in [1.54, 1.807) is 19.2 Å². The van der Waals surface area contributed by atoms with Crippen LogP contribution in [-0.2, 0) is 4.79 Å². The Bertz CT molecular complexity index is 192. The van der Waals surface area contributed by atoms with Gasteiger partial charge in [0.1, 0.15) is 0 Å². The SMILES string of the molecule is C=C/C=C(\C=C)C(=O)CNC.CC. The first-order valence-corrected chi connectivity index (χ1v) is 4.39. The van der Waals surface area contributed by atoms with Crippen molar-refractivity contribution in [3.05, 3.63) is 37.0 Å². The molecule has 0 unspecified atom stereocenters. The summed E-state index contributed by atoms with van der Waals surface area (Å²) >= 11 is 0. The van der Waals surface area contributed by atoms with E-state index in [2.05, 4.69) is 18.5 Å². The Morgan fingerprint density at radius 3 is 2.23 bits per heavy atom. The monoisotopic (exact) mass is 181 g/mol. The van der Waals surface area contributed by atoms with Crippen LogP contribution >= 0.6 is 0 Å². The second kappa shape index (κ2) is 10.8. The summed E-state index contributed by atoms with van der Waals surface area (Å²) in [4.78, 5) is 11.1. The van der Waals surface area contributed by atoms with E-state index in [4.69, 9.17) is 0 Å². The van der Waals surface area contributed by atoms with E-state index >= 15 is 0 Å². The Balaban J connectivity index is 0. The number of likely N-dealkylation sites (N-methyl/N-ethyl adjacent to an activating group) is 1. The molecule has 13 heavy (non-hydrogen) atoms. The number of Topliss-reactive ketones (excluding diaryl/α,β-unsaturated/α-hetero) is 1. The Morgan fingerprint density at radius 1 is 1.38 bits per heavy atom. The van der Waals surface area contributed by atoms with E-state index in [1.807, 2.05) is 13.8 Å². The summed E-state index contributed by atoms with van der Waals surface area (Å²) in [7, 11) is 1.73. The van der Waals surface area contributed by atoms with Crippen molar-refractivity contribution in [3.8, 4) is 0 Å². The lowest BCUT2D eigenvalue weighted by molar-refractivity contribution is -0.114. The van der Waals surface area contributed by atoms with Gasteiger partial charge in [-0.15, -0.1) is 0 Å². The second-order valence-corrected chi connectivity index (χ2v) is 2.02. The zero-order valence-electron chi connectivity index (χ0n) is 8.76. The molecular formula is C11H19NO. The predicted octanol–water partition coefficient (Wildman–Crippen LogP) is 2.10. The van der Waals surface area contributed by atoms with E-state index in [0.29, 0.717) is 12.1 Å². The first-order chi connectivity index (χ1) is 6.26. The molecule has 0 radical (unpaired) electrons. The molecule has 2 nitrogen and oxygen atoms in total. The van der Waals surface area contributed by atoms with Crippen molar-refractivity contribution in [2.75, 3.05) is 13.6 Å². The van der Waals surface area contributed by atoms with Gasteiger partial charge in [-0.1, -0.05) is 45.2 Å². The van der Waals surface area contributed by atoms with Crippen LogP contribution in [0.2, 0.25) is 0 Å². The fourth-order valence-electron chi connectivity index (χ4n) is 0.664. The number of carbonyl (C=O) groups is 1. The third kappa shape index (κ3) is 7.22. The number of nitrogens with one attached hydrogen (secondary N) is 1. The van der Waals surface area contributed by atoms with Gasteiger partial charge in [0, 0.05) is 5.57 Å². The van der Waals surface area contributed by atoms with Crippen LogP contribution in [0.4, 0.5) is 0 Å². The molecule has 0 bridgehead atoms. The summed E-state index contributed by atoms with van der Waals surface area (Å²) in [5.41, 5.74) is 0.592. The largest absolute Gasteiger partial charge is 0.313 e. The van der Waals surface area contributed by atoms with Crippen molar-refractivity contribution in [2.45, 2.75) is 13.8 Å². The van der Waals surface area contributed by atoms with Crippen molar-refractivity contribution in [1.82, 2.24) is 5.32 Å². The highest BCUT2D eigenvalue weighted by Gasteiger charge is 2.01. The van der Waals surface area contributed by atoms with Crippen LogP contribution in [0.3, 0.4) is 0 Å². The Morgan fingerprint density at radius 2 is 1.92 bits per heavy atom. The van der Waals surface area contributed by atoms with Gasteiger partial charge in [-0.3, -0.25) is 4.79 Å². The molecule has 0 spiro atoms. The average Bonchev–Trinajstić information content (AvgIpc) is 2.17. The van der Waals surface area contributed by atoms with Crippen LogP contribution in [-0.4, -0.2) is 19.4 Å². The highest BCUT2D eigenvalue weighted by atomic mass is 16.1. The lowest BCUT2D eigenvalue weighted by Crippen LogP contribution is -2.19. The predicted molar refractivity (Wildman–Crippen MR) is 58.8 cm³/mol. The zero-order valence-corrected chi connectivity index (χ0v) is 8.76. The van der Waals surface area contributed by atoms with Crippen LogP contribution in [0, 0.1) is 0 Å². The zero-order chi connectivity index (χ0) is 10.7. The number of hydrogen-bond acceptors (Lipinski definition) is 2. The van der Waals surface area contributed by atoms with E-state index in [1.165, 1.54) is 6.08 Å². The van der Waals surface area contributed by atoms with Gasteiger partial charge in [0.25, 0.3) is 0 Å². The molecule has 0 aromatic rings. The normalized spacial score (nSPS) is 9.62. The number of rotatable bonds is 5. The van der Waals surface area contributed by atoms with Crippen LogP contribution in [0.15, 0.2) is 37.0 Å².